The summed E-state index contributed by atoms with van der Waals surface area (Å²) in [6.45, 7) is 0.590. The van der Waals surface area contributed by atoms with Crippen molar-refractivity contribution < 1.29 is 14.1 Å². The van der Waals surface area contributed by atoms with Crippen molar-refractivity contribution in [2.24, 2.45) is 5.92 Å². The third kappa shape index (κ3) is 4.16. The van der Waals surface area contributed by atoms with Gasteiger partial charge in [0.15, 0.2) is 5.82 Å². The van der Waals surface area contributed by atoms with Crippen LogP contribution in [-0.4, -0.2) is 40.0 Å². The average molecular weight is 386 g/mol. The molecule has 27 heavy (non-hydrogen) atoms. The molecule has 0 radical (unpaired) electrons. The predicted molar refractivity (Wildman–Crippen MR) is 102 cm³/mol. The van der Waals surface area contributed by atoms with Crippen LogP contribution < -0.4 is 10.2 Å². The third-order valence-electron chi connectivity index (χ3n) is 5.05. The molecule has 142 valence electrons. The van der Waals surface area contributed by atoms with Crippen LogP contribution in [0.4, 0.5) is 5.69 Å². The molecule has 7 nitrogen and oxygen atoms in total. The van der Waals surface area contributed by atoms with Gasteiger partial charge >= 0.3 is 0 Å². The van der Waals surface area contributed by atoms with Crippen LogP contribution in [0.25, 0.3) is 0 Å². The van der Waals surface area contributed by atoms with Crippen molar-refractivity contribution in [1.29, 1.82) is 0 Å². The maximum Gasteiger partial charge on any atom is 0.246 e. The standard InChI is InChI=1S/C19H22N4O3S/c24-17-10-14(12-23(17)15-4-2-1-3-5-15)19(25)20-11-16-21-18(22-26-16)13-6-8-27-9-7-13/h1-5,13-14H,6-12H2,(H,20,25)/t14-/m0/s1. The summed E-state index contributed by atoms with van der Waals surface area (Å²) in [6.07, 6.45) is 2.35. The molecule has 1 N–H and O–H groups in total. The topological polar surface area (TPSA) is 88.3 Å². The van der Waals surface area contributed by atoms with Crippen LogP contribution in [0, 0.1) is 5.92 Å². The van der Waals surface area contributed by atoms with E-state index in [2.05, 4.69) is 15.5 Å². The molecule has 0 spiro atoms. The zero-order chi connectivity index (χ0) is 18.6. The van der Waals surface area contributed by atoms with Crippen molar-refractivity contribution in [3.8, 4) is 0 Å². The first-order valence-corrected chi connectivity index (χ1v) is 10.4. The second-order valence-corrected chi connectivity index (χ2v) is 8.12. The Morgan fingerprint density at radius 2 is 2.04 bits per heavy atom. The number of hydrogen-bond acceptors (Lipinski definition) is 6. The smallest absolute Gasteiger partial charge is 0.246 e. The van der Waals surface area contributed by atoms with Gasteiger partial charge in [0.2, 0.25) is 17.7 Å². The molecule has 2 aromatic rings. The molecular formula is C19H22N4O3S. The predicted octanol–water partition coefficient (Wildman–Crippen LogP) is 2.35. The summed E-state index contributed by atoms with van der Waals surface area (Å²) in [7, 11) is 0. The van der Waals surface area contributed by atoms with Gasteiger partial charge in [0.25, 0.3) is 0 Å². The molecule has 1 aromatic carbocycles. The number of nitrogens with zero attached hydrogens (tertiary/aromatic N) is 3. The number of aromatic nitrogens is 2. The second kappa shape index (κ2) is 8.12. The number of benzene rings is 1. The number of rotatable bonds is 5. The quantitative estimate of drug-likeness (QED) is 0.849. The summed E-state index contributed by atoms with van der Waals surface area (Å²) in [6, 6.07) is 9.42. The number of amides is 2. The molecule has 2 fully saturated rings. The molecule has 2 amide bonds. The first-order chi connectivity index (χ1) is 13.2. The summed E-state index contributed by atoms with van der Waals surface area (Å²) >= 11 is 1.95. The third-order valence-corrected chi connectivity index (χ3v) is 6.10. The maximum atomic E-state index is 12.5. The van der Waals surface area contributed by atoms with Crippen LogP contribution in [0.2, 0.25) is 0 Å². The van der Waals surface area contributed by atoms with E-state index in [0.29, 0.717) is 18.4 Å². The van der Waals surface area contributed by atoms with Gasteiger partial charge in [-0.1, -0.05) is 23.4 Å². The fraction of sp³-hybridized carbons (Fsp3) is 0.474. The van der Waals surface area contributed by atoms with E-state index in [-0.39, 0.29) is 30.7 Å². The highest BCUT2D eigenvalue weighted by atomic mass is 32.2. The van der Waals surface area contributed by atoms with E-state index in [0.717, 1.165) is 35.9 Å². The van der Waals surface area contributed by atoms with E-state index in [4.69, 9.17) is 4.52 Å². The molecule has 1 aromatic heterocycles. The molecule has 8 heteroatoms. The number of carbonyl (C=O) groups is 2. The van der Waals surface area contributed by atoms with Crippen LogP contribution in [0.5, 0.6) is 0 Å². The maximum absolute atomic E-state index is 12.5. The SMILES string of the molecule is O=C(NCc1nc(C2CCSCC2)no1)[C@H]1CC(=O)N(c2ccccc2)C1. The zero-order valence-corrected chi connectivity index (χ0v) is 15.8. The van der Waals surface area contributed by atoms with E-state index in [1.54, 1.807) is 4.90 Å². The van der Waals surface area contributed by atoms with E-state index in [1.165, 1.54) is 0 Å². The van der Waals surface area contributed by atoms with Crippen molar-refractivity contribution >= 4 is 29.3 Å². The summed E-state index contributed by atoms with van der Waals surface area (Å²) in [5.41, 5.74) is 0.824. The molecular weight excluding hydrogens is 364 g/mol. The Labute approximate surface area is 161 Å². The minimum atomic E-state index is -0.365. The lowest BCUT2D eigenvalue weighted by Gasteiger charge is -2.17. The normalized spacial score (nSPS) is 20.8. The molecule has 4 rings (SSSR count). The van der Waals surface area contributed by atoms with Crippen molar-refractivity contribution in [2.45, 2.75) is 31.7 Å². The van der Waals surface area contributed by atoms with Gasteiger partial charge in [-0.05, 0) is 36.5 Å². The number of para-hydroxylation sites is 1. The van der Waals surface area contributed by atoms with Gasteiger partial charge in [-0.15, -0.1) is 0 Å². The van der Waals surface area contributed by atoms with Crippen molar-refractivity contribution in [2.75, 3.05) is 23.0 Å². The zero-order valence-electron chi connectivity index (χ0n) is 15.0. The first kappa shape index (κ1) is 18.0. The fourth-order valence-corrected chi connectivity index (χ4v) is 4.62. The number of carbonyl (C=O) groups excluding carboxylic acids is 2. The van der Waals surface area contributed by atoms with Crippen molar-refractivity contribution in [3.63, 3.8) is 0 Å². The number of hydrogen-bond donors (Lipinski definition) is 1. The Kier molecular flexibility index (Phi) is 5.42. The van der Waals surface area contributed by atoms with E-state index < -0.39 is 0 Å². The van der Waals surface area contributed by atoms with Crippen molar-refractivity contribution in [3.05, 3.63) is 42.0 Å². The lowest BCUT2D eigenvalue weighted by Crippen LogP contribution is -2.32. The Balaban J connectivity index is 1.31. The van der Waals surface area contributed by atoms with Crippen LogP contribution in [0.1, 0.15) is 36.9 Å². The van der Waals surface area contributed by atoms with Crippen LogP contribution in [0.3, 0.4) is 0 Å². The minimum Gasteiger partial charge on any atom is -0.347 e. The van der Waals surface area contributed by atoms with Gasteiger partial charge in [0.05, 0.1) is 12.5 Å². The average Bonchev–Trinajstić information content (AvgIpc) is 3.34. The minimum absolute atomic E-state index is 0.0309. The second-order valence-electron chi connectivity index (χ2n) is 6.89. The van der Waals surface area contributed by atoms with Gasteiger partial charge in [0, 0.05) is 24.6 Å². The van der Waals surface area contributed by atoms with Crippen LogP contribution in [0.15, 0.2) is 34.9 Å². The molecule has 2 aliphatic rings. The highest BCUT2D eigenvalue weighted by Crippen LogP contribution is 2.29. The Morgan fingerprint density at radius 3 is 2.81 bits per heavy atom. The van der Waals surface area contributed by atoms with Crippen LogP contribution >= 0.6 is 11.8 Å². The van der Waals surface area contributed by atoms with Crippen molar-refractivity contribution in [1.82, 2.24) is 15.5 Å². The largest absolute Gasteiger partial charge is 0.347 e. The van der Waals surface area contributed by atoms with E-state index in [9.17, 15) is 9.59 Å². The molecule has 0 saturated carbocycles. The number of nitrogens with one attached hydrogen (secondary N) is 1. The highest BCUT2D eigenvalue weighted by molar-refractivity contribution is 7.99. The van der Waals surface area contributed by atoms with Gasteiger partial charge in [-0.25, -0.2) is 0 Å². The number of anilines is 1. The summed E-state index contributed by atoms with van der Waals surface area (Å²) in [4.78, 5) is 30.8. The number of thioether (sulfide) groups is 1. The molecule has 0 aliphatic carbocycles. The highest BCUT2D eigenvalue weighted by Gasteiger charge is 2.35. The first-order valence-electron chi connectivity index (χ1n) is 9.24. The van der Waals surface area contributed by atoms with E-state index >= 15 is 0 Å². The van der Waals surface area contributed by atoms with Crippen LogP contribution in [-0.2, 0) is 16.1 Å². The lowest BCUT2D eigenvalue weighted by atomic mass is 10.0. The Bertz CT molecular complexity index is 804. The molecule has 3 heterocycles. The van der Waals surface area contributed by atoms with Gasteiger partial charge in [-0.2, -0.15) is 16.7 Å². The molecule has 2 saturated heterocycles. The molecule has 1 atom stereocenters. The van der Waals surface area contributed by atoms with Gasteiger partial charge < -0.3 is 14.7 Å². The molecule has 0 unspecified atom stereocenters. The van der Waals surface area contributed by atoms with Gasteiger partial charge in [0.1, 0.15) is 0 Å². The summed E-state index contributed by atoms with van der Waals surface area (Å²) < 4.78 is 5.28. The Hall–Kier alpha value is -2.35. The monoisotopic (exact) mass is 386 g/mol. The van der Waals surface area contributed by atoms with Gasteiger partial charge in [-0.3, -0.25) is 9.59 Å². The Morgan fingerprint density at radius 1 is 1.26 bits per heavy atom. The molecule has 2 aliphatic heterocycles. The lowest BCUT2D eigenvalue weighted by molar-refractivity contribution is -0.126. The van der Waals surface area contributed by atoms with E-state index in [1.807, 2.05) is 42.1 Å². The summed E-state index contributed by atoms with van der Waals surface area (Å²) in [5, 5.41) is 6.90. The molecule has 0 bridgehead atoms. The fourth-order valence-electron chi connectivity index (χ4n) is 3.51. The summed E-state index contributed by atoms with van der Waals surface area (Å²) in [5.74, 6) is 3.21.